The first-order valence-corrected chi connectivity index (χ1v) is 9.15. The average Bonchev–Trinajstić information content (AvgIpc) is 3.25. The molecule has 7 heteroatoms. The Morgan fingerprint density at radius 1 is 1.16 bits per heavy atom. The van der Waals surface area contributed by atoms with Gasteiger partial charge in [0, 0.05) is 38.0 Å². The minimum Gasteiger partial charge on any atom is -0.468 e. The van der Waals surface area contributed by atoms with Crippen LogP contribution in [0.2, 0.25) is 0 Å². The zero-order valence-corrected chi connectivity index (χ0v) is 14.1. The highest BCUT2D eigenvalue weighted by molar-refractivity contribution is 5.12. The Morgan fingerprint density at radius 3 is 2.76 bits per heavy atom. The van der Waals surface area contributed by atoms with Crippen LogP contribution in [0.5, 0.6) is 0 Å². The highest BCUT2D eigenvalue weighted by atomic mass is 16.3. The minimum absolute atomic E-state index is 0.232. The summed E-state index contributed by atoms with van der Waals surface area (Å²) in [5, 5.41) is 4.63. The summed E-state index contributed by atoms with van der Waals surface area (Å²) in [6, 6.07) is 3.89. The molecule has 4 heterocycles. The Morgan fingerprint density at radius 2 is 2.04 bits per heavy atom. The molecule has 0 unspecified atom stereocenters. The molecule has 2 aliphatic heterocycles. The van der Waals surface area contributed by atoms with Gasteiger partial charge in [0.15, 0.2) is 0 Å². The van der Waals surface area contributed by atoms with Crippen LogP contribution < -0.4 is 11.1 Å². The molecule has 1 saturated carbocycles. The van der Waals surface area contributed by atoms with Gasteiger partial charge in [-0.3, -0.25) is 19.1 Å². The van der Waals surface area contributed by atoms with Gasteiger partial charge in [-0.25, -0.2) is 4.68 Å². The average molecular weight is 342 g/mol. The SMILES string of the molecule is O=c1c(=O)n2c(nn1CC1CCC1)[C@H]1CN(Cc3ccco3)C[C@@H]1C2. The van der Waals surface area contributed by atoms with Gasteiger partial charge in [0.2, 0.25) is 0 Å². The van der Waals surface area contributed by atoms with Crippen LogP contribution in [-0.2, 0) is 19.6 Å². The van der Waals surface area contributed by atoms with Gasteiger partial charge in [0.05, 0.1) is 12.8 Å². The molecule has 2 aromatic heterocycles. The first-order valence-electron chi connectivity index (χ1n) is 9.15. The summed E-state index contributed by atoms with van der Waals surface area (Å²) in [4.78, 5) is 27.2. The molecule has 25 heavy (non-hydrogen) atoms. The summed E-state index contributed by atoms with van der Waals surface area (Å²) < 4.78 is 8.51. The summed E-state index contributed by atoms with van der Waals surface area (Å²) >= 11 is 0. The van der Waals surface area contributed by atoms with Gasteiger partial charge in [-0.1, -0.05) is 6.42 Å². The van der Waals surface area contributed by atoms with Crippen molar-refractivity contribution in [3.8, 4) is 0 Å². The lowest BCUT2D eigenvalue weighted by molar-refractivity contribution is 0.255. The van der Waals surface area contributed by atoms with E-state index in [1.807, 2.05) is 12.1 Å². The minimum atomic E-state index is -0.455. The summed E-state index contributed by atoms with van der Waals surface area (Å²) in [5.41, 5.74) is -0.848. The smallest absolute Gasteiger partial charge is 0.332 e. The Hall–Kier alpha value is -2.15. The van der Waals surface area contributed by atoms with E-state index in [-0.39, 0.29) is 5.92 Å². The lowest BCUT2D eigenvalue weighted by atomic mass is 9.85. The van der Waals surface area contributed by atoms with Crippen molar-refractivity contribution < 1.29 is 4.42 Å². The normalized spacial score (nSPS) is 25.8. The lowest BCUT2D eigenvalue weighted by Gasteiger charge is -2.25. The van der Waals surface area contributed by atoms with Gasteiger partial charge in [-0.15, -0.1) is 0 Å². The van der Waals surface area contributed by atoms with Crippen molar-refractivity contribution in [3.63, 3.8) is 0 Å². The van der Waals surface area contributed by atoms with E-state index in [0.717, 1.165) is 44.1 Å². The molecule has 1 aliphatic carbocycles. The maximum absolute atomic E-state index is 12.5. The van der Waals surface area contributed by atoms with E-state index in [9.17, 15) is 9.59 Å². The van der Waals surface area contributed by atoms with Crippen LogP contribution in [0, 0.1) is 11.8 Å². The van der Waals surface area contributed by atoms with Crippen molar-refractivity contribution in [3.05, 3.63) is 50.7 Å². The second-order valence-corrected chi connectivity index (χ2v) is 7.70. The molecule has 5 rings (SSSR count). The van der Waals surface area contributed by atoms with Crippen molar-refractivity contribution >= 4 is 0 Å². The predicted molar refractivity (Wildman–Crippen MR) is 90.3 cm³/mol. The number of nitrogens with zero attached hydrogens (tertiary/aromatic N) is 4. The molecule has 0 N–H and O–H groups in total. The van der Waals surface area contributed by atoms with Gasteiger partial charge in [-0.05, 0) is 30.9 Å². The molecule has 0 amide bonds. The Bertz CT molecular complexity index is 894. The van der Waals surface area contributed by atoms with E-state index in [1.165, 1.54) is 11.1 Å². The molecule has 0 radical (unpaired) electrons. The molecule has 0 bridgehead atoms. The van der Waals surface area contributed by atoms with E-state index in [0.29, 0.717) is 24.9 Å². The van der Waals surface area contributed by atoms with E-state index >= 15 is 0 Å². The van der Waals surface area contributed by atoms with Crippen LogP contribution in [-0.4, -0.2) is 32.3 Å². The topological polar surface area (TPSA) is 73.3 Å². The third-order valence-corrected chi connectivity index (χ3v) is 6.04. The van der Waals surface area contributed by atoms with Gasteiger partial charge in [-0.2, -0.15) is 5.10 Å². The predicted octanol–water partition coefficient (Wildman–Crippen LogP) is 1.03. The fraction of sp³-hybridized carbons (Fsp3) is 0.611. The molecule has 0 aromatic carbocycles. The zero-order chi connectivity index (χ0) is 17.0. The van der Waals surface area contributed by atoms with Crippen LogP contribution in [0.25, 0.3) is 0 Å². The van der Waals surface area contributed by atoms with Gasteiger partial charge in [0.25, 0.3) is 0 Å². The molecule has 2 aromatic rings. The highest BCUT2D eigenvalue weighted by Crippen LogP contribution is 2.37. The maximum atomic E-state index is 12.5. The van der Waals surface area contributed by atoms with Gasteiger partial charge >= 0.3 is 11.1 Å². The molecule has 2 fully saturated rings. The van der Waals surface area contributed by atoms with Crippen molar-refractivity contribution in [2.24, 2.45) is 11.8 Å². The molecule has 2 atom stereocenters. The van der Waals surface area contributed by atoms with Crippen LogP contribution >= 0.6 is 0 Å². The number of fused-ring (bicyclic) bond motifs is 3. The van der Waals surface area contributed by atoms with Crippen LogP contribution in [0.4, 0.5) is 0 Å². The molecule has 3 aliphatic rings. The summed E-state index contributed by atoms with van der Waals surface area (Å²) in [6.07, 6.45) is 5.18. The third kappa shape index (κ3) is 2.49. The first kappa shape index (κ1) is 15.1. The van der Waals surface area contributed by atoms with Crippen molar-refractivity contribution in [1.29, 1.82) is 0 Å². The molecule has 1 saturated heterocycles. The summed E-state index contributed by atoms with van der Waals surface area (Å²) in [5.74, 6) is 2.85. The fourth-order valence-electron chi connectivity index (χ4n) is 4.47. The number of likely N-dealkylation sites (tertiary alicyclic amines) is 1. The number of hydrogen-bond donors (Lipinski definition) is 0. The fourth-order valence-corrected chi connectivity index (χ4v) is 4.47. The quantitative estimate of drug-likeness (QED) is 0.776. The number of aromatic nitrogens is 3. The number of rotatable bonds is 4. The summed E-state index contributed by atoms with van der Waals surface area (Å²) in [6.45, 7) is 3.76. The third-order valence-electron chi connectivity index (χ3n) is 6.04. The van der Waals surface area contributed by atoms with Crippen molar-refractivity contribution in [1.82, 2.24) is 19.2 Å². The largest absolute Gasteiger partial charge is 0.468 e. The van der Waals surface area contributed by atoms with Gasteiger partial charge in [0.1, 0.15) is 11.6 Å². The van der Waals surface area contributed by atoms with Crippen molar-refractivity contribution in [2.45, 2.75) is 44.8 Å². The Kier molecular flexibility index (Phi) is 3.45. The second-order valence-electron chi connectivity index (χ2n) is 7.70. The van der Waals surface area contributed by atoms with E-state index in [4.69, 9.17) is 4.42 Å². The standard InChI is InChI=1S/C18H22N4O3/c23-17-18(24)22(7-12-3-1-4-12)19-16-15-11-20(8-13(15)9-21(16)17)10-14-5-2-6-25-14/h2,5-6,12-13,15H,1,3-4,7-11H2/t13-,15+/m1/s1. The zero-order valence-electron chi connectivity index (χ0n) is 14.1. The number of furan rings is 1. The molecule has 0 spiro atoms. The second kappa shape index (κ2) is 5.69. The van der Waals surface area contributed by atoms with Crippen LogP contribution in [0.1, 0.15) is 36.8 Å². The Balaban J connectivity index is 1.41. The van der Waals surface area contributed by atoms with Crippen molar-refractivity contribution in [2.75, 3.05) is 13.1 Å². The molecular weight excluding hydrogens is 320 g/mol. The Labute approximate surface area is 144 Å². The number of hydrogen-bond acceptors (Lipinski definition) is 5. The van der Waals surface area contributed by atoms with E-state index < -0.39 is 11.1 Å². The summed E-state index contributed by atoms with van der Waals surface area (Å²) in [7, 11) is 0. The van der Waals surface area contributed by atoms with Gasteiger partial charge < -0.3 is 4.42 Å². The van der Waals surface area contributed by atoms with Crippen LogP contribution in [0.3, 0.4) is 0 Å². The van der Waals surface area contributed by atoms with Crippen LogP contribution in [0.15, 0.2) is 32.4 Å². The maximum Gasteiger partial charge on any atom is 0.332 e. The molecule has 132 valence electrons. The highest BCUT2D eigenvalue weighted by Gasteiger charge is 2.42. The first-order chi connectivity index (χ1) is 12.2. The molecule has 7 nitrogen and oxygen atoms in total. The van der Waals surface area contributed by atoms with E-state index in [2.05, 4.69) is 10.00 Å². The monoisotopic (exact) mass is 342 g/mol. The lowest BCUT2D eigenvalue weighted by Crippen LogP contribution is -2.45. The van der Waals surface area contributed by atoms with E-state index in [1.54, 1.807) is 10.8 Å². The molecular formula is C18H22N4O3.